The van der Waals surface area contributed by atoms with E-state index < -0.39 is 28.5 Å². The zero-order chi connectivity index (χ0) is 32.4. The van der Waals surface area contributed by atoms with Gasteiger partial charge in [-0.25, -0.2) is 8.42 Å². The molecule has 0 unspecified atom stereocenters. The summed E-state index contributed by atoms with van der Waals surface area (Å²) in [5.74, 6) is 0.135. The molecule has 0 aliphatic rings. The maximum Gasteiger partial charge on any atom is 0.265 e. The van der Waals surface area contributed by atoms with Gasteiger partial charge in [-0.05, 0) is 50.1 Å². The number of benzene rings is 3. The third-order valence-corrected chi connectivity index (χ3v) is 8.78. The van der Waals surface area contributed by atoms with Crippen LogP contribution in [0.3, 0.4) is 0 Å². The highest BCUT2D eigenvalue weighted by molar-refractivity contribution is 7.92. The van der Waals surface area contributed by atoms with E-state index in [0.717, 1.165) is 21.9 Å². The van der Waals surface area contributed by atoms with E-state index in [9.17, 15) is 18.0 Å². The van der Waals surface area contributed by atoms with Gasteiger partial charge in [0.1, 0.15) is 24.1 Å². The van der Waals surface area contributed by atoms with Gasteiger partial charge in [0.15, 0.2) is 11.5 Å². The Bertz CT molecular complexity index is 1560. The molecule has 0 saturated carbocycles. The zero-order valence-corrected chi connectivity index (χ0v) is 27.1. The fourth-order valence-corrected chi connectivity index (χ4v) is 6.03. The van der Waals surface area contributed by atoms with Crippen molar-refractivity contribution in [1.29, 1.82) is 0 Å². The highest BCUT2D eigenvalue weighted by Crippen LogP contribution is 2.37. The Hall–Kier alpha value is -4.45. The van der Waals surface area contributed by atoms with Gasteiger partial charge in [0, 0.05) is 25.2 Å². The number of methoxy groups -OCH3 is 4. The van der Waals surface area contributed by atoms with Crippen molar-refractivity contribution in [2.24, 2.45) is 0 Å². The van der Waals surface area contributed by atoms with Gasteiger partial charge in [-0.3, -0.25) is 13.9 Å². The van der Waals surface area contributed by atoms with Crippen molar-refractivity contribution in [1.82, 2.24) is 10.2 Å². The smallest absolute Gasteiger partial charge is 0.265 e. The van der Waals surface area contributed by atoms with Gasteiger partial charge in [0.2, 0.25) is 11.8 Å². The molecular weight excluding hydrogens is 586 g/mol. The molecule has 3 aromatic rings. The SMILES string of the molecule is CCCNC(=O)[C@@H](C)N(Cc1cccc(C)c1)C(=O)CN(c1cc(OC)ccc1OC)S(=O)(=O)c1ccc(OC)c(OC)c1. The lowest BCUT2D eigenvalue weighted by atomic mass is 10.1. The van der Waals surface area contributed by atoms with Gasteiger partial charge in [-0.15, -0.1) is 0 Å². The fourth-order valence-electron chi connectivity index (χ4n) is 4.59. The van der Waals surface area contributed by atoms with Crippen LogP contribution in [-0.4, -0.2) is 72.7 Å². The molecule has 1 N–H and O–H groups in total. The van der Waals surface area contributed by atoms with Crippen molar-refractivity contribution in [2.75, 3.05) is 45.8 Å². The number of hydrogen-bond acceptors (Lipinski definition) is 8. The summed E-state index contributed by atoms with van der Waals surface area (Å²) in [5, 5.41) is 2.84. The number of amides is 2. The van der Waals surface area contributed by atoms with Crippen LogP contribution in [0.25, 0.3) is 0 Å². The lowest BCUT2D eigenvalue weighted by Gasteiger charge is -2.32. The lowest BCUT2D eigenvalue weighted by Crippen LogP contribution is -2.51. The first-order valence-corrected chi connectivity index (χ1v) is 15.5. The number of anilines is 1. The molecular formula is C32H41N3O8S. The van der Waals surface area contributed by atoms with E-state index in [1.165, 1.54) is 57.6 Å². The summed E-state index contributed by atoms with van der Waals surface area (Å²) >= 11 is 0. The van der Waals surface area contributed by atoms with Crippen LogP contribution in [-0.2, 0) is 26.2 Å². The second-order valence-electron chi connectivity index (χ2n) is 10.0. The number of nitrogens with zero attached hydrogens (tertiary/aromatic N) is 2. The molecule has 1 atom stereocenters. The Kier molecular flexibility index (Phi) is 11.9. The average molecular weight is 628 g/mol. The maximum atomic E-state index is 14.4. The number of aryl methyl sites for hydroxylation is 1. The van der Waals surface area contributed by atoms with Gasteiger partial charge >= 0.3 is 0 Å². The van der Waals surface area contributed by atoms with E-state index in [-0.39, 0.29) is 34.5 Å². The molecule has 0 aliphatic heterocycles. The molecule has 0 fully saturated rings. The summed E-state index contributed by atoms with van der Waals surface area (Å²) in [7, 11) is 1.27. The van der Waals surface area contributed by atoms with Crippen molar-refractivity contribution in [3.8, 4) is 23.0 Å². The second kappa shape index (κ2) is 15.3. The van der Waals surface area contributed by atoms with Crippen LogP contribution in [0, 0.1) is 6.92 Å². The first-order chi connectivity index (χ1) is 21.0. The minimum Gasteiger partial charge on any atom is -0.497 e. The van der Waals surface area contributed by atoms with E-state index in [4.69, 9.17) is 18.9 Å². The number of sulfonamides is 1. The van der Waals surface area contributed by atoms with Crippen LogP contribution in [0.5, 0.6) is 23.0 Å². The molecule has 11 nitrogen and oxygen atoms in total. The second-order valence-corrected chi connectivity index (χ2v) is 11.9. The zero-order valence-electron chi connectivity index (χ0n) is 26.2. The highest BCUT2D eigenvalue weighted by Gasteiger charge is 2.34. The van der Waals surface area contributed by atoms with Gasteiger partial charge in [0.05, 0.1) is 39.0 Å². The molecule has 3 aromatic carbocycles. The third kappa shape index (κ3) is 7.93. The third-order valence-electron chi connectivity index (χ3n) is 7.03. The topological polar surface area (TPSA) is 124 Å². The minimum absolute atomic E-state index is 0.0774. The largest absolute Gasteiger partial charge is 0.497 e. The number of ether oxygens (including phenoxy) is 4. The lowest BCUT2D eigenvalue weighted by molar-refractivity contribution is -0.139. The van der Waals surface area contributed by atoms with Gasteiger partial charge in [-0.2, -0.15) is 0 Å². The molecule has 0 aromatic heterocycles. The molecule has 0 bridgehead atoms. The van der Waals surface area contributed by atoms with E-state index in [1.807, 2.05) is 38.1 Å². The van der Waals surface area contributed by atoms with Gasteiger partial charge in [-0.1, -0.05) is 36.8 Å². The Morgan fingerprint density at radius 3 is 2.16 bits per heavy atom. The fraction of sp³-hybridized carbons (Fsp3) is 0.375. The molecule has 3 rings (SSSR count). The van der Waals surface area contributed by atoms with Crippen molar-refractivity contribution in [3.63, 3.8) is 0 Å². The Morgan fingerprint density at radius 1 is 0.864 bits per heavy atom. The highest BCUT2D eigenvalue weighted by atomic mass is 32.2. The van der Waals surface area contributed by atoms with Crippen molar-refractivity contribution >= 4 is 27.5 Å². The van der Waals surface area contributed by atoms with Crippen LogP contribution in [0.15, 0.2) is 65.6 Å². The summed E-state index contributed by atoms with van der Waals surface area (Å²) in [6, 6.07) is 15.5. The number of hydrogen-bond donors (Lipinski definition) is 1. The van der Waals surface area contributed by atoms with Crippen LogP contribution in [0.2, 0.25) is 0 Å². The summed E-state index contributed by atoms with van der Waals surface area (Å²) in [5.41, 5.74) is 1.85. The van der Waals surface area contributed by atoms with Crippen LogP contribution < -0.4 is 28.6 Å². The number of rotatable bonds is 15. The molecule has 2 amide bonds. The maximum absolute atomic E-state index is 14.4. The van der Waals surface area contributed by atoms with E-state index in [2.05, 4.69) is 5.32 Å². The predicted octanol–water partition coefficient (Wildman–Crippen LogP) is 4.17. The first-order valence-electron chi connectivity index (χ1n) is 14.1. The molecule has 0 radical (unpaired) electrons. The van der Waals surface area contributed by atoms with Crippen molar-refractivity contribution in [3.05, 3.63) is 71.8 Å². The molecule has 0 heterocycles. The van der Waals surface area contributed by atoms with E-state index in [1.54, 1.807) is 19.1 Å². The number of carbonyl (C=O) groups is 2. The standard InChI is InChI=1S/C32H41N3O8S/c1-8-16-33-32(37)23(3)34(20-24-11-9-10-22(2)17-24)31(36)21-35(27-18-25(40-4)12-14-28(27)41-5)44(38,39)26-13-15-29(42-6)30(19-26)43-7/h9-15,17-19,23H,8,16,20-21H2,1-7H3,(H,33,37)/t23-/m1/s1. The Labute approximate surface area is 259 Å². The Morgan fingerprint density at radius 2 is 1.55 bits per heavy atom. The van der Waals surface area contributed by atoms with Crippen LogP contribution in [0.4, 0.5) is 5.69 Å². The molecule has 238 valence electrons. The molecule has 0 aliphatic carbocycles. The Balaban J connectivity index is 2.16. The summed E-state index contributed by atoms with van der Waals surface area (Å²) < 4.78 is 51.2. The van der Waals surface area contributed by atoms with Crippen LogP contribution >= 0.6 is 0 Å². The number of nitrogens with one attached hydrogen (secondary N) is 1. The van der Waals surface area contributed by atoms with E-state index >= 15 is 0 Å². The molecule has 0 spiro atoms. The monoisotopic (exact) mass is 627 g/mol. The summed E-state index contributed by atoms with van der Waals surface area (Å²) in [4.78, 5) is 28.5. The molecule has 12 heteroatoms. The average Bonchev–Trinajstić information content (AvgIpc) is 3.03. The summed E-state index contributed by atoms with van der Waals surface area (Å²) in [6.45, 7) is 5.37. The quantitative estimate of drug-likeness (QED) is 0.266. The van der Waals surface area contributed by atoms with Gasteiger partial charge in [0.25, 0.3) is 10.0 Å². The molecule has 0 saturated heterocycles. The van der Waals surface area contributed by atoms with Crippen LogP contribution in [0.1, 0.15) is 31.4 Å². The van der Waals surface area contributed by atoms with E-state index in [0.29, 0.717) is 18.0 Å². The van der Waals surface area contributed by atoms with Gasteiger partial charge < -0.3 is 29.2 Å². The molecule has 44 heavy (non-hydrogen) atoms. The van der Waals surface area contributed by atoms with Crippen molar-refractivity contribution < 1.29 is 37.0 Å². The number of carbonyl (C=O) groups excluding carboxylic acids is 2. The summed E-state index contributed by atoms with van der Waals surface area (Å²) in [6.07, 6.45) is 0.720. The first kappa shape index (κ1) is 34.0. The van der Waals surface area contributed by atoms with Crippen molar-refractivity contribution in [2.45, 2.75) is 44.7 Å². The minimum atomic E-state index is -4.42. The normalized spacial score (nSPS) is 11.7. The predicted molar refractivity (Wildman–Crippen MR) is 168 cm³/mol.